The van der Waals surface area contributed by atoms with Crippen LogP contribution in [0.1, 0.15) is 48.2 Å². The first kappa shape index (κ1) is 23.2. The summed E-state index contributed by atoms with van der Waals surface area (Å²) in [6.07, 6.45) is 2.93. The van der Waals surface area contributed by atoms with E-state index in [1.54, 1.807) is 24.3 Å². The van der Waals surface area contributed by atoms with Gasteiger partial charge in [0.2, 0.25) is 11.8 Å². The molecular formula is C25H26Br2N2O3. The van der Waals surface area contributed by atoms with E-state index in [2.05, 4.69) is 51.0 Å². The molecule has 2 aromatic carbocycles. The van der Waals surface area contributed by atoms with Gasteiger partial charge in [0.05, 0.1) is 17.5 Å². The quantitative estimate of drug-likeness (QED) is 0.388. The summed E-state index contributed by atoms with van der Waals surface area (Å²) in [6, 6.07) is 12.8. The second kappa shape index (κ2) is 9.48. The van der Waals surface area contributed by atoms with Crippen LogP contribution >= 0.6 is 31.9 Å². The average molecular weight is 562 g/mol. The van der Waals surface area contributed by atoms with Gasteiger partial charge in [-0.1, -0.05) is 63.9 Å². The number of halogens is 2. The van der Waals surface area contributed by atoms with E-state index < -0.39 is 0 Å². The van der Waals surface area contributed by atoms with E-state index in [-0.39, 0.29) is 39.2 Å². The molecule has 4 rings (SSSR count). The number of rotatable bonds is 5. The Morgan fingerprint density at radius 1 is 0.906 bits per heavy atom. The summed E-state index contributed by atoms with van der Waals surface area (Å²) in [5.41, 5.74) is 4.07. The summed E-state index contributed by atoms with van der Waals surface area (Å²) in [4.78, 5) is 40.5. The number of amides is 3. The van der Waals surface area contributed by atoms with Gasteiger partial charge in [-0.2, -0.15) is 0 Å². The van der Waals surface area contributed by atoms with Crippen LogP contribution in [-0.2, 0) is 22.4 Å². The van der Waals surface area contributed by atoms with Gasteiger partial charge in [-0.15, -0.1) is 0 Å². The van der Waals surface area contributed by atoms with Crippen LogP contribution < -0.4 is 10.2 Å². The molecule has 5 nitrogen and oxygen atoms in total. The molecule has 1 saturated heterocycles. The summed E-state index contributed by atoms with van der Waals surface area (Å²) in [7, 11) is 0. The molecule has 0 radical (unpaired) electrons. The Bertz CT molecular complexity index is 1000. The molecule has 32 heavy (non-hydrogen) atoms. The summed E-state index contributed by atoms with van der Waals surface area (Å²) in [5, 5.41) is 3.06. The molecule has 1 heterocycles. The zero-order valence-electron chi connectivity index (χ0n) is 18.1. The van der Waals surface area contributed by atoms with Gasteiger partial charge in [0.1, 0.15) is 0 Å². The fraction of sp³-hybridized carbons (Fsp3) is 0.400. The molecule has 4 atom stereocenters. The number of imide groups is 1. The van der Waals surface area contributed by atoms with Crippen LogP contribution in [0.2, 0.25) is 0 Å². The number of hydrogen-bond acceptors (Lipinski definition) is 3. The normalized spacial score (nSPS) is 25.1. The first-order valence-corrected chi connectivity index (χ1v) is 12.9. The number of aryl methyl sites for hydroxylation is 2. The molecule has 3 amide bonds. The predicted octanol–water partition coefficient (Wildman–Crippen LogP) is 5.49. The van der Waals surface area contributed by atoms with Crippen molar-refractivity contribution in [3.05, 3.63) is 59.2 Å². The van der Waals surface area contributed by atoms with Crippen molar-refractivity contribution >= 4 is 61.0 Å². The number of para-hydroxylation sites is 1. The minimum Gasteiger partial charge on any atom is -0.321 e. The first-order chi connectivity index (χ1) is 15.3. The van der Waals surface area contributed by atoms with E-state index in [0.717, 1.165) is 29.7 Å². The van der Waals surface area contributed by atoms with Crippen LogP contribution in [0, 0.1) is 11.8 Å². The van der Waals surface area contributed by atoms with Crippen molar-refractivity contribution in [1.29, 1.82) is 0 Å². The topological polar surface area (TPSA) is 66.5 Å². The highest BCUT2D eigenvalue weighted by Gasteiger charge is 2.52. The van der Waals surface area contributed by atoms with Gasteiger partial charge in [-0.25, -0.2) is 0 Å². The molecule has 1 N–H and O–H groups in total. The van der Waals surface area contributed by atoms with Crippen molar-refractivity contribution in [2.45, 2.75) is 49.2 Å². The van der Waals surface area contributed by atoms with Crippen molar-refractivity contribution in [1.82, 2.24) is 0 Å². The maximum atomic E-state index is 13.0. The lowest BCUT2D eigenvalue weighted by molar-refractivity contribution is -0.122. The van der Waals surface area contributed by atoms with Crippen molar-refractivity contribution in [3.63, 3.8) is 0 Å². The molecule has 0 aromatic heterocycles. The Morgan fingerprint density at radius 2 is 1.41 bits per heavy atom. The van der Waals surface area contributed by atoms with Crippen molar-refractivity contribution in [3.8, 4) is 0 Å². The number of anilines is 2. The Kier molecular flexibility index (Phi) is 6.86. The van der Waals surface area contributed by atoms with E-state index in [9.17, 15) is 14.4 Å². The molecule has 0 spiro atoms. The van der Waals surface area contributed by atoms with Crippen molar-refractivity contribution in [2.24, 2.45) is 11.8 Å². The van der Waals surface area contributed by atoms with Crippen LogP contribution in [0.5, 0.6) is 0 Å². The molecular weight excluding hydrogens is 536 g/mol. The zero-order valence-corrected chi connectivity index (χ0v) is 21.3. The van der Waals surface area contributed by atoms with Gasteiger partial charge in [-0.05, 0) is 61.1 Å². The highest BCUT2D eigenvalue weighted by atomic mass is 79.9. The zero-order chi connectivity index (χ0) is 23.0. The lowest BCUT2D eigenvalue weighted by atomic mass is 9.81. The Hall–Kier alpha value is -1.99. The number of carbonyl (C=O) groups is 3. The van der Waals surface area contributed by atoms with Gasteiger partial charge in [-0.3, -0.25) is 19.3 Å². The molecule has 2 aliphatic rings. The largest absolute Gasteiger partial charge is 0.321 e. The fourth-order valence-corrected chi connectivity index (χ4v) is 5.94. The second-order valence-corrected chi connectivity index (χ2v) is 10.7. The van der Waals surface area contributed by atoms with Gasteiger partial charge in [0, 0.05) is 20.9 Å². The Labute approximate surface area is 205 Å². The lowest BCUT2D eigenvalue weighted by Gasteiger charge is -2.29. The SMILES string of the molecule is CCc1cccc(CC)c1NC(=O)c1ccc(N2C(=O)[C@@H]3C[C@H](Br)[C@@H](Br)C[C@H]3C2=O)cc1. The van der Waals surface area contributed by atoms with Gasteiger partial charge in [0.15, 0.2) is 0 Å². The standard InChI is InChI=1S/C25H26Br2N2O3/c1-3-14-6-5-7-15(4-2)22(14)28-23(30)16-8-10-17(11-9-16)29-24(31)18-12-20(26)21(27)13-19(18)25(29)32/h5-11,18-21H,3-4,12-13H2,1-2H3,(H,28,30)/t18-,19-,20+,21+/m1/s1. The van der Waals surface area contributed by atoms with Crippen LogP contribution in [0.25, 0.3) is 0 Å². The third-order valence-electron chi connectivity index (χ3n) is 6.54. The van der Waals surface area contributed by atoms with E-state index in [1.165, 1.54) is 4.90 Å². The number of alkyl halides is 2. The van der Waals surface area contributed by atoms with E-state index in [1.807, 2.05) is 18.2 Å². The number of fused-ring (bicyclic) bond motifs is 1. The minimum atomic E-state index is -0.290. The molecule has 168 valence electrons. The summed E-state index contributed by atoms with van der Waals surface area (Å²) < 4.78 is 0. The smallest absolute Gasteiger partial charge is 0.255 e. The number of nitrogens with zero attached hydrogens (tertiary/aromatic N) is 1. The van der Waals surface area contributed by atoms with Crippen LogP contribution in [0.15, 0.2) is 42.5 Å². The third-order valence-corrected chi connectivity index (χ3v) is 9.27. The molecule has 1 saturated carbocycles. The van der Waals surface area contributed by atoms with Crippen LogP contribution in [0.4, 0.5) is 11.4 Å². The highest BCUT2D eigenvalue weighted by Crippen LogP contribution is 2.44. The fourth-order valence-electron chi connectivity index (χ4n) is 4.70. The number of carbonyl (C=O) groups excluding carboxylic acids is 3. The van der Waals surface area contributed by atoms with Crippen molar-refractivity contribution in [2.75, 3.05) is 10.2 Å². The monoisotopic (exact) mass is 560 g/mol. The molecule has 2 aromatic rings. The molecule has 1 aliphatic carbocycles. The highest BCUT2D eigenvalue weighted by molar-refractivity contribution is 9.12. The number of nitrogens with one attached hydrogen (secondary N) is 1. The van der Waals surface area contributed by atoms with Gasteiger partial charge >= 0.3 is 0 Å². The first-order valence-electron chi connectivity index (χ1n) is 11.0. The lowest BCUT2D eigenvalue weighted by Crippen LogP contribution is -2.34. The molecule has 7 heteroatoms. The van der Waals surface area contributed by atoms with E-state index in [4.69, 9.17) is 0 Å². The summed E-state index contributed by atoms with van der Waals surface area (Å²) >= 11 is 7.23. The predicted molar refractivity (Wildman–Crippen MR) is 134 cm³/mol. The van der Waals surface area contributed by atoms with Crippen molar-refractivity contribution < 1.29 is 14.4 Å². The van der Waals surface area contributed by atoms with Crippen LogP contribution in [-0.4, -0.2) is 27.4 Å². The Morgan fingerprint density at radius 3 is 1.88 bits per heavy atom. The number of hydrogen-bond donors (Lipinski definition) is 1. The second-order valence-electron chi connectivity index (χ2n) is 8.39. The maximum Gasteiger partial charge on any atom is 0.255 e. The summed E-state index contributed by atoms with van der Waals surface area (Å²) in [6.45, 7) is 4.13. The number of benzene rings is 2. The minimum absolute atomic E-state index is 0.148. The van der Waals surface area contributed by atoms with Crippen LogP contribution in [0.3, 0.4) is 0 Å². The molecule has 0 bridgehead atoms. The van der Waals surface area contributed by atoms with Gasteiger partial charge in [0.25, 0.3) is 5.91 Å². The maximum absolute atomic E-state index is 13.0. The summed E-state index contributed by atoms with van der Waals surface area (Å²) in [5.74, 6) is -1.08. The van der Waals surface area contributed by atoms with E-state index in [0.29, 0.717) is 24.1 Å². The van der Waals surface area contributed by atoms with Gasteiger partial charge < -0.3 is 5.32 Å². The molecule has 2 fully saturated rings. The molecule has 0 unspecified atom stereocenters. The molecule has 1 aliphatic heterocycles. The third kappa shape index (κ3) is 4.17. The Balaban J connectivity index is 1.53. The van der Waals surface area contributed by atoms with E-state index >= 15 is 0 Å². The average Bonchev–Trinajstić information content (AvgIpc) is 3.03.